The molecule has 0 aliphatic carbocycles. The second-order valence-electron chi connectivity index (χ2n) is 20.7. The van der Waals surface area contributed by atoms with Gasteiger partial charge in [0.25, 0.3) is 0 Å². The van der Waals surface area contributed by atoms with Crippen molar-refractivity contribution in [1.82, 2.24) is 0 Å². The Morgan fingerprint density at radius 1 is 0.282 bits per heavy atom. The van der Waals surface area contributed by atoms with E-state index in [1.54, 1.807) is 14.2 Å². The third kappa shape index (κ3) is 9.94. The zero-order chi connectivity index (χ0) is 53.9. The zero-order valence-electron chi connectivity index (χ0n) is 45.9. The Hall–Kier alpha value is -9.12. The van der Waals surface area contributed by atoms with E-state index < -0.39 is 0 Å². The second kappa shape index (κ2) is 22.2. The molecule has 0 bridgehead atoms. The number of nitrogens with zero attached hydrogens (tertiary/aromatic N) is 1. The molecule has 0 atom stereocenters. The van der Waals surface area contributed by atoms with Crippen LogP contribution >= 0.6 is 0 Å². The van der Waals surface area contributed by atoms with E-state index in [-0.39, 0.29) is 6.71 Å². The van der Waals surface area contributed by atoms with Crippen LogP contribution in [0.1, 0.15) is 33.4 Å². The molecule has 0 amide bonds. The molecule has 0 fully saturated rings. The predicted octanol–water partition coefficient (Wildman–Crippen LogP) is 17.5. The maximum atomic E-state index is 5.62. The fraction of sp³-hybridized carbons (Fsp3) is 0.108. The van der Waals surface area contributed by atoms with Crippen LogP contribution in [-0.4, -0.2) is 20.9 Å². The molecule has 0 unspecified atom stereocenters. The quantitative estimate of drug-likeness (QED) is 0.101. The molecule has 0 aromatic heterocycles. The van der Waals surface area contributed by atoms with Gasteiger partial charge in [-0.25, -0.2) is 0 Å². The summed E-state index contributed by atoms with van der Waals surface area (Å²) in [6, 6.07) is 88.8. The van der Waals surface area contributed by atoms with Crippen LogP contribution in [0.3, 0.4) is 0 Å². The van der Waals surface area contributed by atoms with Crippen LogP contribution in [0.15, 0.2) is 243 Å². The van der Waals surface area contributed by atoms with Gasteiger partial charge in [-0.2, -0.15) is 0 Å². The van der Waals surface area contributed by atoms with Crippen LogP contribution in [-0.2, 0) is 0 Å². The van der Waals surface area contributed by atoms with Crippen molar-refractivity contribution >= 4 is 40.2 Å². The molecule has 78 heavy (non-hydrogen) atoms. The van der Waals surface area contributed by atoms with Crippen molar-refractivity contribution in [2.24, 2.45) is 0 Å². The van der Waals surface area contributed by atoms with Crippen molar-refractivity contribution in [1.29, 1.82) is 0 Å². The van der Waals surface area contributed by atoms with E-state index in [9.17, 15) is 0 Å². The average molecular weight is 1010 g/mol. The summed E-state index contributed by atoms with van der Waals surface area (Å²) in [6.45, 7) is 13.6. The molecule has 0 spiro atoms. The lowest BCUT2D eigenvalue weighted by Crippen LogP contribution is -2.55. The summed E-state index contributed by atoms with van der Waals surface area (Å²) in [4.78, 5) is 2.29. The monoisotopic (exact) mass is 1010 g/mol. The Morgan fingerprint density at radius 2 is 0.526 bits per heavy atom. The summed E-state index contributed by atoms with van der Waals surface area (Å²) < 4.78 is 11.2. The first-order valence-corrected chi connectivity index (χ1v) is 27.0. The molecule has 380 valence electrons. The Kier molecular flexibility index (Phi) is 14.5. The summed E-state index contributed by atoms with van der Waals surface area (Å²) in [7, 11) is 3.41. The lowest BCUT2D eigenvalue weighted by molar-refractivity contribution is 0.415. The summed E-state index contributed by atoms with van der Waals surface area (Å²) in [5.74, 6) is 1.60. The van der Waals surface area contributed by atoms with Gasteiger partial charge in [0.2, 0.25) is 6.71 Å². The molecule has 11 aromatic carbocycles. The Bertz CT molecular complexity index is 3720. The van der Waals surface area contributed by atoms with E-state index in [4.69, 9.17) is 9.47 Å². The number of hydrogen-bond donors (Lipinski definition) is 0. The molecule has 0 aliphatic rings. The minimum Gasteiger partial charge on any atom is -0.497 e. The van der Waals surface area contributed by atoms with Gasteiger partial charge in [0.1, 0.15) is 11.5 Å². The zero-order valence-corrected chi connectivity index (χ0v) is 45.9. The minimum absolute atomic E-state index is 0.0282. The number of anilines is 3. The highest BCUT2D eigenvalue weighted by molar-refractivity contribution is 6.96. The first-order valence-electron chi connectivity index (χ1n) is 27.0. The van der Waals surface area contributed by atoms with Gasteiger partial charge in [0.15, 0.2) is 0 Å². The summed E-state index contributed by atoms with van der Waals surface area (Å²) >= 11 is 0. The van der Waals surface area contributed by atoms with Crippen LogP contribution in [0.25, 0.3) is 66.8 Å². The highest BCUT2D eigenvalue weighted by Crippen LogP contribution is 2.56. The Labute approximate surface area is 462 Å². The molecule has 0 saturated carbocycles. The van der Waals surface area contributed by atoms with Crippen LogP contribution < -0.4 is 30.8 Å². The van der Waals surface area contributed by atoms with Crippen molar-refractivity contribution < 1.29 is 9.47 Å². The normalized spacial score (nSPS) is 11.1. The van der Waals surface area contributed by atoms with E-state index in [0.29, 0.717) is 0 Å². The lowest BCUT2D eigenvalue weighted by Gasteiger charge is -2.30. The van der Waals surface area contributed by atoms with Gasteiger partial charge in [-0.3, -0.25) is 0 Å². The lowest BCUT2D eigenvalue weighted by atomic mass is 9.34. The van der Waals surface area contributed by atoms with Crippen LogP contribution in [0.5, 0.6) is 11.5 Å². The standard InChI is InChI=1S/C74H64BNO2/c1-49-45-51(3)73(52(4)46-49)75(74-53(5)47-50(2)48-54(74)6)61-33-29-59(30-34-61)71-69(57-25-17-11-18-26-57)67(55-21-13-9-14-22-55)68(56-23-15-10-16-24-56)70(58-27-19-12-20-28-58)72(71)60-31-35-62(36-32-60)76(63-37-41-65(77-7)42-38-63)64-39-43-66(78-8)44-40-64/h9-48H,1-8H3. The van der Waals surface area contributed by atoms with E-state index in [1.165, 1.54) is 77.6 Å². The summed E-state index contributed by atoms with van der Waals surface area (Å²) in [5, 5.41) is 0. The minimum atomic E-state index is 0.0282. The molecular weight excluding hydrogens is 946 g/mol. The topological polar surface area (TPSA) is 21.7 Å². The van der Waals surface area contributed by atoms with Gasteiger partial charge in [-0.05, 0) is 169 Å². The van der Waals surface area contributed by atoms with Crippen molar-refractivity contribution in [3.8, 4) is 78.3 Å². The summed E-state index contributed by atoms with van der Waals surface area (Å²) in [5.41, 5.74) is 28.7. The molecular formula is C74H64BNO2. The van der Waals surface area contributed by atoms with E-state index in [1.807, 2.05) is 24.3 Å². The maximum Gasteiger partial charge on any atom is 0.242 e. The fourth-order valence-corrected chi connectivity index (χ4v) is 12.2. The fourth-order valence-electron chi connectivity index (χ4n) is 12.2. The van der Waals surface area contributed by atoms with E-state index in [0.717, 1.165) is 67.5 Å². The molecule has 0 N–H and O–H groups in total. The van der Waals surface area contributed by atoms with Gasteiger partial charge in [0.05, 0.1) is 14.2 Å². The van der Waals surface area contributed by atoms with Gasteiger partial charge in [-0.15, -0.1) is 0 Å². The van der Waals surface area contributed by atoms with E-state index in [2.05, 4.69) is 265 Å². The average Bonchev–Trinajstić information content (AvgIpc) is 3.53. The number of hydrogen-bond acceptors (Lipinski definition) is 3. The van der Waals surface area contributed by atoms with Crippen molar-refractivity contribution in [3.05, 3.63) is 276 Å². The Balaban J connectivity index is 1.24. The van der Waals surface area contributed by atoms with Gasteiger partial charge in [-0.1, -0.05) is 232 Å². The molecule has 11 rings (SSSR count). The molecule has 4 heteroatoms. The first-order chi connectivity index (χ1) is 38.1. The molecule has 0 radical (unpaired) electrons. The van der Waals surface area contributed by atoms with E-state index >= 15 is 0 Å². The third-order valence-corrected chi connectivity index (χ3v) is 15.4. The van der Waals surface area contributed by atoms with Crippen LogP contribution in [0.2, 0.25) is 0 Å². The van der Waals surface area contributed by atoms with Gasteiger partial charge >= 0.3 is 0 Å². The van der Waals surface area contributed by atoms with Gasteiger partial charge in [0, 0.05) is 17.1 Å². The molecule has 11 aromatic rings. The smallest absolute Gasteiger partial charge is 0.242 e. The molecule has 0 heterocycles. The third-order valence-electron chi connectivity index (χ3n) is 15.4. The molecule has 3 nitrogen and oxygen atoms in total. The van der Waals surface area contributed by atoms with Gasteiger partial charge < -0.3 is 14.4 Å². The number of benzene rings is 11. The molecule has 0 aliphatic heterocycles. The number of rotatable bonds is 14. The van der Waals surface area contributed by atoms with Crippen molar-refractivity contribution in [2.45, 2.75) is 41.5 Å². The van der Waals surface area contributed by atoms with Crippen LogP contribution in [0, 0.1) is 41.5 Å². The van der Waals surface area contributed by atoms with Crippen molar-refractivity contribution in [3.63, 3.8) is 0 Å². The second-order valence-corrected chi connectivity index (χ2v) is 20.7. The number of ether oxygens (including phenoxy) is 2. The number of methoxy groups -OCH3 is 2. The predicted molar refractivity (Wildman–Crippen MR) is 333 cm³/mol. The van der Waals surface area contributed by atoms with Crippen LogP contribution in [0.4, 0.5) is 17.1 Å². The number of aryl methyl sites for hydroxylation is 6. The maximum absolute atomic E-state index is 5.62. The largest absolute Gasteiger partial charge is 0.497 e. The summed E-state index contributed by atoms with van der Waals surface area (Å²) in [6.07, 6.45) is 0. The van der Waals surface area contributed by atoms with Crippen molar-refractivity contribution in [2.75, 3.05) is 19.1 Å². The SMILES string of the molecule is COc1ccc(N(c2ccc(OC)cc2)c2ccc(-c3c(-c4ccccc4)c(-c4ccccc4)c(-c4ccccc4)c(-c4ccccc4)c3-c3ccc(B(c4c(C)cc(C)cc4C)c4c(C)cc(C)cc4C)cc3)cc2)cc1. The first kappa shape index (κ1) is 51.0. The highest BCUT2D eigenvalue weighted by Gasteiger charge is 2.32. The highest BCUT2D eigenvalue weighted by atomic mass is 16.5. The molecule has 0 saturated heterocycles. The Morgan fingerprint density at radius 3 is 0.795 bits per heavy atom.